The smallest absolute Gasteiger partial charge is 0.155 e. The lowest BCUT2D eigenvalue weighted by Gasteiger charge is -2.37. The minimum atomic E-state index is 0.735. The van der Waals surface area contributed by atoms with Crippen LogP contribution in [0.5, 0.6) is 0 Å². The zero-order valence-corrected chi connectivity index (χ0v) is 20.1. The normalized spacial score (nSPS) is 17.6. The highest BCUT2D eigenvalue weighted by Crippen LogP contribution is 2.34. The van der Waals surface area contributed by atoms with Gasteiger partial charge < -0.3 is 9.80 Å². The Hall–Kier alpha value is -3.25. The number of hydrogen-bond acceptors (Lipinski definition) is 5. The monoisotopic (exact) mass is 452 g/mol. The second-order valence-electron chi connectivity index (χ2n) is 9.84. The van der Waals surface area contributed by atoms with E-state index in [9.17, 15) is 0 Å². The van der Waals surface area contributed by atoms with Crippen molar-refractivity contribution in [1.29, 1.82) is 0 Å². The lowest BCUT2D eigenvalue weighted by molar-refractivity contribution is 0.207. The first kappa shape index (κ1) is 21.3. The number of aromatic nitrogens is 4. The number of pyridine rings is 1. The van der Waals surface area contributed by atoms with Gasteiger partial charge in [-0.2, -0.15) is 0 Å². The number of fused-ring (bicyclic) bond motifs is 1. The van der Waals surface area contributed by atoms with Gasteiger partial charge in [0.15, 0.2) is 5.65 Å². The molecule has 0 unspecified atom stereocenters. The van der Waals surface area contributed by atoms with Gasteiger partial charge >= 0.3 is 0 Å². The number of rotatable bonds is 4. The van der Waals surface area contributed by atoms with Crippen molar-refractivity contribution in [3.63, 3.8) is 0 Å². The number of piperidine rings is 1. The maximum atomic E-state index is 5.13. The summed E-state index contributed by atoms with van der Waals surface area (Å²) in [6.07, 6.45) is 8.84. The highest BCUT2D eigenvalue weighted by Gasteiger charge is 2.27. The van der Waals surface area contributed by atoms with Gasteiger partial charge in [-0.15, -0.1) is 5.10 Å². The van der Waals surface area contributed by atoms with Crippen molar-refractivity contribution in [3.05, 3.63) is 66.0 Å². The van der Waals surface area contributed by atoms with Crippen LogP contribution in [-0.4, -0.2) is 56.7 Å². The summed E-state index contributed by atoms with van der Waals surface area (Å²) < 4.78 is 2.03. The second kappa shape index (κ2) is 8.84. The lowest BCUT2D eigenvalue weighted by atomic mass is 10.0. The van der Waals surface area contributed by atoms with E-state index in [1.807, 2.05) is 29.0 Å². The van der Waals surface area contributed by atoms with Crippen LogP contribution >= 0.6 is 0 Å². The predicted molar refractivity (Wildman–Crippen MR) is 137 cm³/mol. The standard InChI is InChI=1S/C28H32N6/c1-20-17-21(2)19-23(18-20)27-28(22-7-11-29-12-8-22)34-25(30-27)5-6-26(31-34)33-15-9-24(10-16-33)32-13-3-4-14-32/h5-8,11-12,17-19,24H,3-4,9-10,13-16H2,1-2H3. The van der Waals surface area contributed by atoms with Gasteiger partial charge in [-0.1, -0.05) is 17.2 Å². The van der Waals surface area contributed by atoms with Crippen LogP contribution < -0.4 is 4.90 Å². The Morgan fingerprint density at radius 1 is 0.794 bits per heavy atom. The average Bonchev–Trinajstić information content (AvgIpc) is 3.52. The van der Waals surface area contributed by atoms with E-state index in [4.69, 9.17) is 10.1 Å². The first-order valence-corrected chi connectivity index (χ1v) is 12.5. The van der Waals surface area contributed by atoms with E-state index in [1.165, 1.54) is 49.9 Å². The Bertz CT molecular complexity index is 1280. The minimum Gasteiger partial charge on any atom is -0.355 e. The van der Waals surface area contributed by atoms with Gasteiger partial charge in [0.1, 0.15) is 11.5 Å². The molecule has 2 aliphatic rings. The molecule has 0 N–H and O–H groups in total. The largest absolute Gasteiger partial charge is 0.355 e. The van der Waals surface area contributed by atoms with E-state index < -0.39 is 0 Å². The Balaban J connectivity index is 1.39. The Kier molecular flexibility index (Phi) is 5.53. The van der Waals surface area contributed by atoms with E-state index >= 15 is 0 Å². The number of hydrogen-bond donors (Lipinski definition) is 0. The maximum Gasteiger partial charge on any atom is 0.155 e. The zero-order chi connectivity index (χ0) is 23.1. The molecule has 0 spiro atoms. The minimum absolute atomic E-state index is 0.735. The van der Waals surface area contributed by atoms with Crippen molar-refractivity contribution < 1.29 is 0 Å². The number of likely N-dealkylation sites (tertiary alicyclic amines) is 1. The third kappa shape index (κ3) is 3.96. The van der Waals surface area contributed by atoms with Crippen LogP contribution in [-0.2, 0) is 0 Å². The molecule has 0 atom stereocenters. The molecule has 6 rings (SSSR count). The summed E-state index contributed by atoms with van der Waals surface area (Å²) in [6.45, 7) is 8.95. The summed E-state index contributed by atoms with van der Waals surface area (Å²) >= 11 is 0. The van der Waals surface area contributed by atoms with E-state index in [2.05, 4.69) is 59.0 Å². The third-order valence-electron chi connectivity index (χ3n) is 7.36. The number of aryl methyl sites for hydroxylation is 2. The molecule has 3 aromatic heterocycles. The molecule has 0 bridgehead atoms. The van der Waals surface area contributed by atoms with Crippen LogP contribution in [0.4, 0.5) is 5.82 Å². The molecule has 1 aromatic carbocycles. The molecule has 2 saturated heterocycles. The molecule has 4 aromatic rings. The molecular formula is C28H32N6. The van der Waals surface area contributed by atoms with Crippen LogP contribution in [0.3, 0.4) is 0 Å². The van der Waals surface area contributed by atoms with Crippen LogP contribution in [0.1, 0.15) is 36.8 Å². The average molecular weight is 453 g/mol. The topological polar surface area (TPSA) is 49.6 Å². The van der Waals surface area contributed by atoms with E-state index in [-0.39, 0.29) is 0 Å². The fourth-order valence-corrected chi connectivity index (χ4v) is 5.74. The first-order valence-electron chi connectivity index (χ1n) is 12.5. The summed E-state index contributed by atoms with van der Waals surface area (Å²) in [5.41, 5.74) is 7.55. The van der Waals surface area contributed by atoms with Gasteiger partial charge in [0.25, 0.3) is 0 Å². The Morgan fingerprint density at radius 3 is 2.21 bits per heavy atom. The van der Waals surface area contributed by atoms with Crippen LogP contribution in [0.25, 0.3) is 28.2 Å². The lowest BCUT2D eigenvalue weighted by Crippen LogP contribution is -2.44. The van der Waals surface area contributed by atoms with Crippen LogP contribution in [0.15, 0.2) is 54.9 Å². The van der Waals surface area contributed by atoms with Crippen molar-refractivity contribution in [3.8, 4) is 22.5 Å². The summed E-state index contributed by atoms with van der Waals surface area (Å²) in [6, 6.07) is 15.7. The molecule has 2 aliphatic heterocycles. The van der Waals surface area contributed by atoms with Gasteiger partial charge in [-0.3, -0.25) is 4.98 Å². The van der Waals surface area contributed by atoms with Crippen LogP contribution in [0.2, 0.25) is 0 Å². The van der Waals surface area contributed by atoms with Crippen molar-refractivity contribution in [1.82, 2.24) is 24.5 Å². The summed E-state index contributed by atoms with van der Waals surface area (Å²) in [4.78, 5) is 14.4. The van der Waals surface area contributed by atoms with Gasteiger partial charge in [-0.25, -0.2) is 9.50 Å². The second-order valence-corrected chi connectivity index (χ2v) is 9.84. The molecular weight excluding hydrogens is 420 g/mol. The summed E-state index contributed by atoms with van der Waals surface area (Å²) in [5, 5.41) is 5.13. The third-order valence-corrected chi connectivity index (χ3v) is 7.36. The number of benzene rings is 1. The molecule has 2 fully saturated rings. The van der Waals surface area contributed by atoms with E-state index in [1.54, 1.807) is 0 Å². The van der Waals surface area contributed by atoms with Crippen molar-refractivity contribution in [2.75, 3.05) is 31.1 Å². The number of imidazole rings is 1. The van der Waals surface area contributed by atoms with Gasteiger partial charge in [0.2, 0.25) is 0 Å². The number of nitrogens with zero attached hydrogens (tertiary/aromatic N) is 6. The highest BCUT2D eigenvalue weighted by atomic mass is 15.3. The Morgan fingerprint density at radius 2 is 1.50 bits per heavy atom. The maximum absolute atomic E-state index is 5.13. The van der Waals surface area contributed by atoms with E-state index in [0.717, 1.165) is 53.1 Å². The molecule has 174 valence electrons. The predicted octanol–water partition coefficient (Wildman–Crippen LogP) is 5.14. The molecule has 6 nitrogen and oxygen atoms in total. The molecule has 0 aliphatic carbocycles. The first-order chi connectivity index (χ1) is 16.7. The van der Waals surface area contributed by atoms with Crippen molar-refractivity contribution in [2.24, 2.45) is 0 Å². The summed E-state index contributed by atoms with van der Waals surface area (Å²) in [7, 11) is 0. The molecule has 0 radical (unpaired) electrons. The molecule has 0 saturated carbocycles. The SMILES string of the molecule is Cc1cc(C)cc(-c2nc3ccc(N4CCC(N5CCCC5)CC4)nn3c2-c2ccncc2)c1. The van der Waals surface area contributed by atoms with Gasteiger partial charge in [0, 0.05) is 42.7 Å². The Labute approximate surface area is 201 Å². The molecule has 6 heteroatoms. The summed E-state index contributed by atoms with van der Waals surface area (Å²) in [5.74, 6) is 1.03. The zero-order valence-electron chi connectivity index (χ0n) is 20.1. The molecule has 34 heavy (non-hydrogen) atoms. The van der Waals surface area contributed by atoms with Gasteiger partial charge in [-0.05, 0) is 89.0 Å². The quantitative estimate of drug-likeness (QED) is 0.429. The van der Waals surface area contributed by atoms with E-state index in [0.29, 0.717) is 0 Å². The van der Waals surface area contributed by atoms with Crippen molar-refractivity contribution >= 4 is 11.5 Å². The fourth-order valence-electron chi connectivity index (χ4n) is 5.74. The highest BCUT2D eigenvalue weighted by molar-refractivity contribution is 5.82. The number of anilines is 1. The molecule has 0 amide bonds. The van der Waals surface area contributed by atoms with Crippen LogP contribution in [0, 0.1) is 13.8 Å². The fraction of sp³-hybridized carbons (Fsp3) is 0.393. The van der Waals surface area contributed by atoms with Gasteiger partial charge in [0.05, 0.1) is 5.69 Å². The molecule has 5 heterocycles. The van der Waals surface area contributed by atoms with Crippen molar-refractivity contribution in [2.45, 2.75) is 45.6 Å².